The van der Waals surface area contributed by atoms with E-state index in [0.717, 1.165) is 55.3 Å². The Kier molecular flexibility index (Phi) is 10.6. The number of carbonyl (C=O) groups excluding carboxylic acids is 1. The zero-order valence-electron chi connectivity index (χ0n) is 28.3. The fourth-order valence-electron chi connectivity index (χ4n) is 6.70. The molecule has 266 valence electrons. The van der Waals surface area contributed by atoms with E-state index in [4.69, 9.17) is 0 Å². The highest BCUT2D eigenvalue weighted by Gasteiger charge is 2.31. The van der Waals surface area contributed by atoms with Crippen molar-refractivity contribution in [1.29, 1.82) is 0 Å². The first-order valence-corrected chi connectivity index (χ1v) is 17.0. The van der Waals surface area contributed by atoms with Crippen LogP contribution >= 0.6 is 0 Å². The monoisotopic (exact) mass is 703 g/mol. The van der Waals surface area contributed by atoms with E-state index in [2.05, 4.69) is 28.7 Å². The number of aryl methyl sites for hydroxylation is 2. The van der Waals surface area contributed by atoms with Crippen LogP contribution < -0.4 is 5.56 Å². The molecule has 0 aliphatic carbocycles. The Morgan fingerprint density at radius 3 is 2.22 bits per heavy atom. The van der Waals surface area contributed by atoms with Crippen LogP contribution in [0.25, 0.3) is 22.2 Å². The SMILES string of the molecule is CC(C)N1CCC(N(Cc2ccc(-c3ccc(C(F)(F)F)cc3)cc2)C(=O)Cn2c(CCc3cccc(F)c3F)nc(=O)c3cccnc32)CC1. The van der Waals surface area contributed by atoms with Crippen molar-refractivity contribution in [1.82, 2.24) is 24.3 Å². The van der Waals surface area contributed by atoms with Crippen LogP contribution in [-0.2, 0) is 36.9 Å². The standard InChI is InChI=1S/C39H38F5N5O2/c1-25(2)47-21-18-31(19-22-47)48(23-26-8-10-27(11-9-26)28-12-15-30(16-13-28)39(42,43)44)35(50)24-49-34(17-14-29-5-3-7-33(40)36(29)41)46-38(51)32-6-4-20-45-37(32)49/h3-13,15-16,20,25,31H,14,17-19,21-24H2,1-2H3. The Morgan fingerprint density at radius 2 is 1.57 bits per heavy atom. The summed E-state index contributed by atoms with van der Waals surface area (Å²) in [4.78, 5) is 40.4. The molecular weight excluding hydrogens is 665 g/mol. The fourth-order valence-corrected chi connectivity index (χ4v) is 6.70. The van der Waals surface area contributed by atoms with Gasteiger partial charge in [-0.1, -0.05) is 48.5 Å². The van der Waals surface area contributed by atoms with Crippen molar-refractivity contribution in [2.24, 2.45) is 0 Å². The van der Waals surface area contributed by atoms with Gasteiger partial charge in [-0.2, -0.15) is 18.2 Å². The molecule has 0 saturated carbocycles. The van der Waals surface area contributed by atoms with Crippen molar-refractivity contribution in [2.75, 3.05) is 13.1 Å². The lowest BCUT2D eigenvalue weighted by Crippen LogP contribution is -2.49. The number of pyridine rings is 1. The molecule has 0 bridgehead atoms. The molecule has 2 aromatic heterocycles. The highest BCUT2D eigenvalue weighted by Crippen LogP contribution is 2.31. The van der Waals surface area contributed by atoms with E-state index >= 15 is 0 Å². The molecule has 5 aromatic rings. The minimum Gasteiger partial charge on any atom is -0.334 e. The Labute approximate surface area is 292 Å². The third kappa shape index (κ3) is 8.17. The van der Waals surface area contributed by atoms with Gasteiger partial charge < -0.3 is 14.4 Å². The van der Waals surface area contributed by atoms with Gasteiger partial charge in [0.1, 0.15) is 18.0 Å². The van der Waals surface area contributed by atoms with Crippen molar-refractivity contribution in [3.8, 4) is 11.1 Å². The second kappa shape index (κ2) is 15.1. The first-order chi connectivity index (χ1) is 24.4. The number of fused-ring (bicyclic) bond motifs is 1. The zero-order chi connectivity index (χ0) is 36.3. The number of carbonyl (C=O) groups is 1. The molecule has 1 aliphatic rings. The van der Waals surface area contributed by atoms with E-state index in [1.165, 1.54) is 30.5 Å². The fraction of sp³-hybridized carbons (Fsp3) is 0.333. The average molecular weight is 704 g/mol. The second-order valence-electron chi connectivity index (χ2n) is 13.2. The molecule has 1 amide bonds. The van der Waals surface area contributed by atoms with Gasteiger partial charge in [0.15, 0.2) is 11.6 Å². The first-order valence-electron chi connectivity index (χ1n) is 17.0. The summed E-state index contributed by atoms with van der Waals surface area (Å²) in [5.41, 5.74) is 1.38. The molecule has 7 nitrogen and oxygen atoms in total. The molecule has 1 aliphatic heterocycles. The van der Waals surface area contributed by atoms with Gasteiger partial charge in [-0.3, -0.25) is 9.59 Å². The number of alkyl halides is 3. The van der Waals surface area contributed by atoms with Crippen LogP contribution in [-0.4, -0.2) is 55.4 Å². The molecule has 0 atom stereocenters. The lowest BCUT2D eigenvalue weighted by Gasteiger charge is -2.40. The normalized spacial score (nSPS) is 14.4. The van der Waals surface area contributed by atoms with Crippen LogP contribution in [0.15, 0.2) is 89.9 Å². The number of piperidine rings is 1. The summed E-state index contributed by atoms with van der Waals surface area (Å²) in [5.74, 6) is -1.93. The van der Waals surface area contributed by atoms with E-state index in [1.54, 1.807) is 16.7 Å². The molecule has 3 aromatic carbocycles. The molecule has 6 rings (SSSR count). The first kappa shape index (κ1) is 35.8. The summed E-state index contributed by atoms with van der Waals surface area (Å²) in [7, 11) is 0. The highest BCUT2D eigenvalue weighted by atomic mass is 19.4. The minimum atomic E-state index is -4.42. The van der Waals surface area contributed by atoms with Crippen LogP contribution in [0.4, 0.5) is 22.0 Å². The quantitative estimate of drug-likeness (QED) is 0.142. The highest BCUT2D eigenvalue weighted by molar-refractivity contribution is 5.80. The maximum absolute atomic E-state index is 14.5. The summed E-state index contributed by atoms with van der Waals surface area (Å²) in [6, 6.07) is 19.8. The van der Waals surface area contributed by atoms with E-state index in [9.17, 15) is 31.5 Å². The third-order valence-corrected chi connectivity index (χ3v) is 9.60. The number of hydrogen-bond donors (Lipinski definition) is 0. The molecule has 12 heteroatoms. The smallest absolute Gasteiger partial charge is 0.334 e. The number of hydrogen-bond acceptors (Lipinski definition) is 5. The molecule has 0 spiro atoms. The van der Waals surface area contributed by atoms with Crippen molar-refractivity contribution >= 4 is 16.9 Å². The van der Waals surface area contributed by atoms with Gasteiger partial charge in [-0.25, -0.2) is 13.8 Å². The Morgan fingerprint density at radius 1 is 0.902 bits per heavy atom. The van der Waals surface area contributed by atoms with Gasteiger partial charge in [0, 0.05) is 44.3 Å². The molecule has 0 N–H and O–H groups in total. The van der Waals surface area contributed by atoms with Crippen molar-refractivity contribution in [3.63, 3.8) is 0 Å². The average Bonchev–Trinajstić information content (AvgIpc) is 3.12. The van der Waals surface area contributed by atoms with Crippen LogP contribution in [0, 0.1) is 11.6 Å². The van der Waals surface area contributed by atoms with Gasteiger partial charge in [-0.05, 0) is 85.7 Å². The van der Waals surface area contributed by atoms with Crippen LogP contribution in [0.2, 0.25) is 0 Å². The van der Waals surface area contributed by atoms with Gasteiger partial charge >= 0.3 is 6.18 Å². The molecule has 0 unspecified atom stereocenters. The van der Waals surface area contributed by atoms with Crippen molar-refractivity contribution in [3.05, 3.63) is 130 Å². The van der Waals surface area contributed by atoms with E-state index in [-0.39, 0.29) is 60.3 Å². The van der Waals surface area contributed by atoms with Crippen LogP contribution in [0.1, 0.15) is 49.2 Å². The predicted molar refractivity (Wildman–Crippen MR) is 185 cm³/mol. The topological polar surface area (TPSA) is 71.3 Å². The number of halogens is 5. The summed E-state index contributed by atoms with van der Waals surface area (Å²) >= 11 is 0. The Hall–Kier alpha value is -4.97. The van der Waals surface area contributed by atoms with Gasteiger partial charge in [0.25, 0.3) is 5.56 Å². The number of aromatic nitrogens is 3. The number of amides is 1. The predicted octanol–water partition coefficient (Wildman–Crippen LogP) is 7.44. The van der Waals surface area contributed by atoms with E-state index in [1.807, 2.05) is 29.2 Å². The molecular formula is C39H38F5N5O2. The zero-order valence-corrected chi connectivity index (χ0v) is 28.3. The lowest BCUT2D eigenvalue weighted by atomic mass is 9.99. The van der Waals surface area contributed by atoms with Gasteiger partial charge in [0.05, 0.1) is 10.9 Å². The molecule has 1 saturated heterocycles. The van der Waals surface area contributed by atoms with E-state index in [0.29, 0.717) is 11.6 Å². The van der Waals surface area contributed by atoms with Crippen molar-refractivity contribution < 1.29 is 26.7 Å². The third-order valence-electron chi connectivity index (χ3n) is 9.60. The lowest BCUT2D eigenvalue weighted by molar-refractivity contribution is -0.137. The molecule has 1 fully saturated rings. The van der Waals surface area contributed by atoms with Crippen molar-refractivity contribution in [2.45, 2.75) is 70.9 Å². The number of likely N-dealkylation sites (tertiary alicyclic amines) is 1. The Balaban J connectivity index is 1.29. The van der Waals surface area contributed by atoms with Crippen LogP contribution in [0.3, 0.4) is 0 Å². The second-order valence-corrected chi connectivity index (χ2v) is 13.2. The van der Waals surface area contributed by atoms with E-state index < -0.39 is 28.9 Å². The van der Waals surface area contributed by atoms with Gasteiger partial charge in [0.2, 0.25) is 5.91 Å². The summed E-state index contributed by atoms with van der Waals surface area (Å²) in [5, 5.41) is 0.238. The maximum Gasteiger partial charge on any atom is 0.416 e. The summed E-state index contributed by atoms with van der Waals surface area (Å²) < 4.78 is 69.3. The molecule has 0 radical (unpaired) electrons. The summed E-state index contributed by atoms with van der Waals surface area (Å²) in [6.45, 7) is 6.00. The molecule has 3 heterocycles. The minimum absolute atomic E-state index is 0.0468. The van der Waals surface area contributed by atoms with Crippen LogP contribution in [0.5, 0.6) is 0 Å². The van der Waals surface area contributed by atoms with Gasteiger partial charge in [-0.15, -0.1) is 0 Å². The maximum atomic E-state index is 14.5. The summed E-state index contributed by atoms with van der Waals surface area (Å²) in [6.07, 6.45) is -1.28. The largest absolute Gasteiger partial charge is 0.416 e. The number of benzene rings is 3. The molecule has 51 heavy (non-hydrogen) atoms. The Bertz CT molecular complexity index is 2050. The number of nitrogens with zero attached hydrogens (tertiary/aromatic N) is 5. The number of rotatable bonds is 10.